The van der Waals surface area contributed by atoms with E-state index in [1.165, 1.54) is 12.8 Å². The highest BCUT2D eigenvalue weighted by molar-refractivity contribution is 5.06. The maximum absolute atomic E-state index is 11.7. The monoisotopic (exact) mass is 208 g/mol. The van der Waals surface area contributed by atoms with E-state index in [0.29, 0.717) is 18.5 Å². The Bertz CT molecular complexity index is 380. The van der Waals surface area contributed by atoms with Gasteiger partial charge >= 0.3 is 5.69 Å². The highest BCUT2D eigenvalue weighted by Crippen LogP contribution is 2.27. The average molecular weight is 208 g/mol. The maximum atomic E-state index is 11.7. The van der Waals surface area contributed by atoms with Crippen molar-refractivity contribution in [3.05, 3.63) is 22.7 Å². The summed E-state index contributed by atoms with van der Waals surface area (Å²) in [5, 5.41) is 0. The summed E-state index contributed by atoms with van der Waals surface area (Å²) in [6, 6.07) is 2.11. The zero-order valence-electron chi connectivity index (χ0n) is 8.98. The second kappa shape index (κ2) is 4.47. The van der Waals surface area contributed by atoms with Gasteiger partial charge in [0.15, 0.2) is 0 Å². The molecule has 0 bridgehead atoms. The van der Waals surface area contributed by atoms with Crippen LogP contribution in [0.15, 0.2) is 17.1 Å². The van der Waals surface area contributed by atoms with E-state index in [1.54, 1.807) is 16.8 Å². The normalized spacial score (nSPS) is 16.9. The molecule has 4 heteroatoms. The zero-order chi connectivity index (χ0) is 10.7. The predicted octanol–water partition coefficient (Wildman–Crippen LogP) is 1.76. The van der Waals surface area contributed by atoms with Gasteiger partial charge in [-0.2, -0.15) is 4.98 Å². The molecule has 1 aromatic heterocycles. The Morgan fingerprint density at radius 3 is 2.87 bits per heavy atom. The number of hydrogen-bond donors (Lipinski definition) is 0. The summed E-state index contributed by atoms with van der Waals surface area (Å²) < 4.78 is 6.91. The summed E-state index contributed by atoms with van der Waals surface area (Å²) in [7, 11) is 0. The van der Waals surface area contributed by atoms with Crippen LogP contribution < -0.4 is 10.4 Å². The topological polar surface area (TPSA) is 44.1 Å². The van der Waals surface area contributed by atoms with Crippen LogP contribution in [0.4, 0.5) is 0 Å². The number of aromatic nitrogens is 2. The molecule has 1 heterocycles. The Balaban J connectivity index is 2.22. The van der Waals surface area contributed by atoms with Crippen LogP contribution >= 0.6 is 0 Å². The third kappa shape index (κ3) is 2.19. The summed E-state index contributed by atoms with van der Waals surface area (Å²) in [6.45, 7) is 2.42. The van der Waals surface area contributed by atoms with Crippen LogP contribution in [0.1, 0.15) is 38.6 Å². The van der Waals surface area contributed by atoms with Crippen molar-refractivity contribution in [1.29, 1.82) is 0 Å². The van der Waals surface area contributed by atoms with E-state index in [4.69, 9.17) is 4.74 Å². The molecule has 0 atom stereocenters. The van der Waals surface area contributed by atoms with Crippen molar-refractivity contribution >= 4 is 0 Å². The molecule has 2 rings (SSSR count). The largest absolute Gasteiger partial charge is 0.478 e. The molecule has 82 valence electrons. The summed E-state index contributed by atoms with van der Waals surface area (Å²) >= 11 is 0. The lowest BCUT2D eigenvalue weighted by molar-refractivity contribution is 0.321. The van der Waals surface area contributed by atoms with Crippen LogP contribution in [0, 0.1) is 0 Å². The summed E-state index contributed by atoms with van der Waals surface area (Å²) in [5.41, 5.74) is -0.187. The van der Waals surface area contributed by atoms with Gasteiger partial charge in [-0.3, -0.25) is 4.57 Å². The third-order valence-corrected chi connectivity index (χ3v) is 2.81. The number of rotatable bonds is 3. The first kappa shape index (κ1) is 10.2. The molecule has 0 spiro atoms. The first-order chi connectivity index (χ1) is 7.31. The van der Waals surface area contributed by atoms with E-state index in [9.17, 15) is 4.79 Å². The van der Waals surface area contributed by atoms with Gasteiger partial charge in [0.05, 0.1) is 6.61 Å². The van der Waals surface area contributed by atoms with Crippen molar-refractivity contribution in [2.24, 2.45) is 0 Å². The zero-order valence-corrected chi connectivity index (χ0v) is 8.98. The molecular formula is C11H16N2O2. The van der Waals surface area contributed by atoms with Gasteiger partial charge in [0.25, 0.3) is 0 Å². The fraction of sp³-hybridized carbons (Fsp3) is 0.636. The molecular weight excluding hydrogens is 192 g/mol. The van der Waals surface area contributed by atoms with Gasteiger partial charge in [-0.15, -0.1) is 0 Å². The van der Waals surface area contributed by atoms with Gasteiger partial charge in [-0.05, 0) is 19.8 Å². The first-order valence-electron chi connectivity index (χ1n) is 5.53. The third-order valence-electron chi connectivity index (χ3n) is 2.81. The second-order valence-corrected chi connectivity index (χ2v) is 3.83. The molecule has 0 aliphatic heterocycles. The van der Waals surface area contributed by atoms with Gasteiger partial charge in [0.1, 0.15) is 0 Å². The van der Waals surface area contributed by atoms with E-state index >= 15 is 0 Å². The van der Waals surface area contributed by atoms with Crippen LogP contribution in [0.5, 0.6) is 5.88 Å². The maximum Gasteiger partial charge on any atom is 0.351 e. The average Bonchev–Trinajstić information content (AvgIpc) is 2.71. The summed E-state index contributed by atoms with van der Waals surface area (Å²) in [6.07, 6.45) is 6.41. The number of nitrogens with zero attached hydrogens (tertiary/aromatic N) is 2. The molecule has 1 aliphatic rings. The lowest BCUT2D eigenvalue weighted by atomic mass is 10.2. The number of ether oxygens (including phenoxy) is 1. The van der Waals surface area contributed by atoms with Crippen LogP contribution in [0.2, 0.25) is 0 Å². The van der Waals surface area contributed by atoms with E-state index < -0.39 is 0 Å². The predicted molar refractivity (Wildman–Crippen MR) is 57.2 cm³/mol. The molecule has 0 amide bonds. The molecule has 1 aliphatic carbocycles. The lowest BCUT2D eigenvalue weighted by Crippen LogP contribution is -2.25. The second-order valence-electron chi connectivity index (χ2n) is 3.83. The smallest absolute Gasteiger partial charge is 0.351 e. The lowest BCUT2D eigenvalue weighted by Gasteiger charge is -2.12. The Labute approximate surface area is 88.9 Å². The Hall–Kier alpha value is -1.32. The fourth-order valence-electron chi connectivity index (χ4n) is 2.09. The van der Waals surface area contributed by atoms with Gasteiger partial charge < -0.3 is 4.74 Å². The molecule has 15 heavy (non-hydrogen) atoms. The molecule has 0 saturated heterocycles. The molecule has 4 nitrogen and oxygen atoms in total. The van der Waals surface area contributed by atoms with Crippen molar-refractivity contribution in [2.45, 2.75) is 38.6 Å². The van der Waals surface area contributed by atoms with Crippen LogP contribution in [0.3, 0.4) is 0 Å². The summed E-state index contributed by atoms with van der Waals surface area (Å²) in [4.78, 5) is 15.6. The van der Waals surface area contributed by atoms with E-state index in [2.05, 4.69) is 4.98 Å². The molecule has 1 saturated carbocycles. The molecule has 0 aromatic carbocycles. The molecule has 0 radical (unpaired) electrons. The van der Waals surface area contributed by atoms with Crippen molar-refractivity contribution in [3.63, 3.8) is 0 Å². The Morgan fingerprint density at radius 2 is 2.27 bits per heavy atom. The highest BCUT2D eigenvalue weighted by atomic mass is 16.5. The minimum absolute atomic E-state index is 0.187. The Morgan fingerprint density at radius 1 is 1.53 bits per heavy atom. The van der Waals surface area contributed by atoms with E-state index in [-0.39, 0.29) is 5.69 Å². The van der Waals surface area contributed by atoms with Gasteiger partial charge in [0, 0.05) is 18.3 Å². The van der Waals surface area contributed by atoms with Crippen LogP contribution in [-0.2, 0) is 0 Å². The fourth-order valence-corrected chi connectivity index (χ4v) is 2.09. The standard InChI is InChI=1S/C11H16N2O2/c1-2-15-10-7-8-13(11(14)12-10)9-5-3-4-6-9/h7-9H,2-6H2,1H3. The SMILES string of the molecule is CCOc1ccn(C2CCCC2)c(=O)n1. The van der Waals surface area contributed by atoms with Gasteiger partial charge in [-0.25, -0.2) is 4.79 Å². The number of hydrogen-bond acceptors (Lipinski definition) is 3. The van der Waals surface area contributed by atoms with Crippen LogP contribution in [0.25, 0.3) is 0 Å². The van der Waals surface area contributed by atoms with E-state index in [0.717, 1.165) is 12.8 Å². The van der Waals surface area contributed by atoms with Crippen molar-refractivity contribution in [2.75, 3.05) is 6.61 Å². The highest BCUT2D eigenvalue weighted by Gasteiger charge is 2.18. The van der Waals surface area contributed by atoms with E-state index in [1.807, 2.05) is 6.92 Å². The Kier molecular flexibility index (Phi) is 3.04. The molecule has 0 N–H and O–H groups in total. The molecule has 0 unspecified atom stereocenters. The van der Waals surface area contributed by atoms with Crippen LogP contribution in [-0.4, -0.2) is 16.2 Å². The van der Waals surface area contributed by atoms with Gasteiger partial charge in [0.2, 0.25) is 5.88 Å². The first-order valence-corrected chi connectivity index (χ1v) is 5.53. The minimum atomic E-state index is -0.187. The minimum Gasteiger partial charge on any atom is -0.478 e. The molecule has 1 aromatic rings. The van der Waals surface area contributed by atoms with Crippen molar-refractivity contribution in [1.82, 2.24) is 9.55 Å². The van der Waals surface area contributed by atoms with Gasteiger partial charge in [-0.1, -0.05) is 12.8 Å². The molecule has 1 fully saturated rings. The quantitative estimate of drug-likeness (QED) is 0.760. The van der Waals surface area contributed by atoms with Crippen molar-refractivity contribution in [3.8, 4) is 5.88 Å². The summed E-state index contributed by atoms with van der Waals surface area (Å²) in [5.74, 6) is 0.428. The van der Waals surface area contributed by atoms with Crippen molar-refractivity contribution < 1.29 is 4.74 Å².